The van der Waals surface area contributed by atoms with Crippen LogP contribution in [0.5, 0.6) is 0 Å². The molecule has 6 nitrogen and oxygen atoms in total. The second-order valence-corrected chi connectivity index (χ2v) is 9.05. The Kier molecular flexibility index (Phi) is 8.14. The van der Waals surface area contributed by atoms with Gasteiger partial charge >= 0.3 is 6.18 Å². The average molecular weight is 529 g/mol. The number of carbonyl (C=O) groups is 1. The van der Waals surface area contributed by atoms with Crippen molar-refractivity contribution in [1.29, 1.82) is 0 Å². The number of carbonyl (C=O) groups excluding carboxylic acids is 1. The maximum atomic E-state index is 14.5. The first-order valence-electron chi connectivity index (χ1n) is 10.1. The zero-order valence-corrected chi connectivity index (χ0v) is 19.8. The summed E-state index contributed by atoms with van der Waals surface area (Å²) in [6, 6.07) is 11.9. The molecule has 35 heavy (non-hydrogen) atoms. The lowest BCUT2D eigenvalue weighted by atomic mass is 9.90. The molecular weight excluding hydrogens is 510 g/mol. The first-order valence-corrected chi connectivity index (χ1v) is 11.5. The van der Waals surface area contributed by atoms with Crippen molar-refractivity contribution in [1.82, 2.24) is 4.98 Å². The molecule has 0 saturated heterocycles. The number of hydrogen-bond acceptors (Lipinski definition) is 4. The maximum Gasteiger partial charge on any atom is 0.433 e. The SMILES string of the molecule is CN(c1ccc(C(CCc2ccc(C(F)(F)F)nc2-c2cccc(Cl)c2)C(N)=O)cc1F)S(=O)[O-]. The van der Waals surface area contributed by atoms with Crippen LogP contribution < -0.4 is 10.0 Å². The van der Waals surface area contributed by atoms with Crippen molar-refractivity contribution in [3.63, 3.8) is 0 Å². The molecule has 0 radical (unpaired) electrons. The molecule has 0 spiro atoms. The lowest BCUT2D eigenvalue weighted by molar-refractivity contribution is -0.141. The number of amides is 1. The van der Waals surface area contributed by atoms with Gasteiger partial charge in [0.05, 0.1) is 17.3 Å². The van der Waals surface area contributed by atoms with Gasteiger partial charge < -0.3 is 14.6 Å². The maximum absolute atomic E-state index is 14.5. The third-order valence-electron chi connectivity index (χ3n) is 5.35. The normalized spacial score (nSPS) is 13.3. The Labute approximate surface area is 206 Å². The molecule has 2 unspecified atom stereocenters. The topological polar surface area (TPSA) is 99.4 Å². The number of primary amides is 1. The van der Waals surface area contributed by atoms with Gasteiger partial charge in [0.25, 0.3) is 0 Å². The standard InChI is InChI=1S/C23H20ClF4N3O3S/c1-31(35(33)34)19-9-6-14(12-18(19)25)17(22(29)32)8-5-13-7-10-20(23(26,27)28)30-21(13)15-3-2-4-16(24)11-15/h2-4,6-7,9-12,17H,5,8H2,1H3,(H2,29,32)(H,33,34)/p-1. The lowest BCUT2D eigenvalue weighted by Crippen LogP contribution is -2.23. The number of nitrogens with two attached hydrogens (primary N) is 1. The summed E-state index contributed by atoms with van der Waals surface area (Å²) >= 11 is 3.30. The average Bonchev–Trinajstić information content (AvgIpc) is 2.78. The fourth-order valence-corrected chi connectivity index (χ4v) is 4.08. The highest BCUT2D eigenvalue weighted by molar-refractivity contribution is 7.80. The highest BCUT2D eigenvalue weighted by Crippen LogP contribution is 2.34. The number of nitrogens with zero attached hydrogens (tertiary/aromatic N) is 2. The van der Waals surface area contributed by atoms with Gasteiger partial charge in [-0.05, 0) is 54.3 Å². The largest absolute Gasteiger partial charge is 0.755 e. The van der Waals surface area contributed by atoms with E-state index in [9.17, 15) is 31.1 Å². The van der Waals surface area contributed by atoms with Gasteiger partial charge in [0.15, 0.2) is 0 Å². The molecule has 12 heteroatoms. The summed E-state index contributed by atoms with van der Waals surface area (Å²) < 4.78 is 77.3. The van der Waals surface area contributed by atoms with E-state index in [1.165, 1.54) is 24.3 Å². The molecule has 0 saturated carbocycles. The van der Waals surface area contributed by atoms with Crippen molar-refractivity contribution in [3.8, 4) is 11.3 Å². The van der Waals surface area contributed by atoms with E-state index >= 15 is 0 Å². The summed E-state index contributed by atoms with van der Waals surface area (Å²) in [4.78, 5) is 15.9. The summed E-state index contributed by atoms with van der Waals surface area (Å²) in [5.74, 6) is -2.64. The number of aryl methyl sites for hydroxylation is 1. The third-order valence-corrected chi connectivity index (χ3v) is 6.23. The number of anilines is 1. The molecule has 0 fully saturated rings. The summed E-state index contributed by atoms with van der Waals surface area (Å²) in [5.41, 5.74) is 5.24. The van der Waals surface area contributed by atoms with Crippen molar-refractivity contribution in [2.45, 2.75) is 24.9 Å². The van der Waals surface area contributed by atoms with Crippen molar-refractivity contribution in [3.05, 3.63) is 82.3 Å². The van der Waals surface area contributed by atoms with Crippen LogP contribution in [0.4, 0.5) is 23.2 Å². The summed E-state index contributed by atoms with van der Waals surface area (Å²) in [5, 5.41) is 0.308. The van der Waals surface area contributed by atoms with Crippen molar-refractivity contribution in [2.75, 3.05) is 11.4 Å². The van der Waals surface area contributed by atoms with Gasteiger partial charge in [-0.1, -0.05) is 35.9 Å². The van der Waals surface area contributed by atoms with Crippen LogP contribution >= 0.6 is 11.6 Å². The van der Waals surface area contributed by atoms with Crippen molar-refractivity contribution in [2.24, 2.45) is 5.73 Å². The van der Waals surface area contributed by atoms with Crippen LogP contribution in [0.25, 0.3) is 11.3 Å². The fraction of sp³-hybridized carbons (Fsp3) is 0.217. The first-order chi connectivity index (χ1) is 16.4. The van der Waals surface area contributed by atoms with Crippen LogP contribution in [0.1, 0.15) is 29.2 Å². The van der Waals surface area contributed by atoms with Crippen LogP contribution in [0.3, 0.4) is 0 Å². The zero-order chi connectivity index (χ0) is 25.9. The Morgan fingerprint density at radius 1 is 1.20 bits per heavy atom. The van der Waals surface area contributed by atoms with E-state index in [4.69, 9.17) is 17.3 Å². The van der Waals surface area contributed by atoms with Gasteiger partial charge in [0.2, 0.25) is 5.91 Å². The van der Waals surface area contributed by atoms with Crippen LogP contribution in [0.15, 0.2) is 54.6 Å². The van der Waals surface area contributed by atoms with E-state index in [0.29, 0.717) is 20.5 Å². The van der Waals surface area contributed by atoms with Gasteiger partial charge in [0, 0.05) is 28.9 Å². The third kappa shape index (κ3) is 6.36. The monoisotopic (exact) mass is 528 g/mol. The molecule has 0 aliphatic rings. The van der Waals surface area contributed by atoms with Crippen LogP contribution in [-0.4, -0.2) is 26.7 Å². The predicted molar refractivity (Wildman–Crippen MR) is 124 cm³/mol. The van der Waals surface area contributed by atoms with Crippen LogP contribution in [0, 0.1) is 5.82 Å². The second kappa shape index (κ2) is 10.7. The molecule has 0 aliphatic carbocycles. The van der Waals surface area contributed by atoms with Crippen LogP contribution in [-0.2, 0) is 28.7 Å². The first kappa shape index (κ1) is 26.6. The van der Waals surface area contributed by atoms with Gasteiger partial charge in [-0.3, -0.25) is 9.00 Å². The van der Waals surface area contributed by atoms with E-state index in [1.807, 2.05) is 0 Å². The van der Waals surface area contributed by atoms with Gasteiger partial charge in [0.1, 0.15) is 11.5 Å². The molecule has 1 heterocycles. The Hall–Kier alpha value is -3.02. The molecule has 2 atom stereocenters. The minimum absolute atomic E-state index is 0.0397. The minimum Gasteiger partial charge on any atom is -0.755 e. The van der Waals surface area contributed by atoms with E-state index in [1.54, 1.807) is 18.2 Å². The van der Waals surface area contributed by atoms with E-state index in [2.05, 4.69) is 4.98 Å². The molecule has 1 amide bonds. The molecule has 3 rings (SSSR count). The van der Waals surface area contributed by atoms with Crippen molar-refractivity contribution >= 4 is 34.5 Å². The Morgan fingerprint density at radius 2 is 1.91 bits per heavy atom. The highest BCUT2D eigenvalue weighted by Gasteiger charge is 2.33. The number of alkyl halides is 3. The lowest BCUT2D eigenvalue weighted by Gasteiger charge is -2.23. The zero-order valence-electron chi connectivity index (χ0n) is 18.2. The quantitative estimate of drug-likeness (QED) is 0.329. The van der Waals surface area contributed by atoms with E-state index in [-0.39, 0.29) is 29.8 Å². The van der Waals surface area contributed by atoms with Crippen LogP contribution in [0.2, 0.25) is 5.02 Å². The smallest absolute Gasteiger partial charge is 0.433 e. The number of hydrogen-bond donors (Lipinski definition) is 1. The molecule has 0 aliphatic heterocycles. The number of rotatable bonds is 8. The fourth-order valence-electron chi connectivity index (χ4n) is 3.58. The molecule has 186 valence electrons. The van der Waals surface area contributed by atoms with Gasteiger partial charge in [-0.2, -0.15) is 13.2 Å². The summed E-state index contributed by atoms with van der Waals surface area (Å²) in [6.45, 7) is 0. The molecule has 2 aromatic carbocycles. The second-order valence-electron chi connectivity index (χ2n) is 7.63. The van der Waals surface area contributed by atoms with E-state index < -0.39 is 40.8 Å². The highest BCUT2D eigenvalue weighted by atomic mass is 35.5. The van der Waals surface area contributed by atoms with Gasteiger partial charge in [-0.15, -0.1) is 0 Å². The minimum atomic E-state index is -4.66. The molecule has 3 aromatic rings. The summed E-state index contributed by atoms with van der Waals surface area (Å²) in [7, 11) is 1.15. The van der Waals surface area contributed by atoms with Crippen molar-refractivity contribution < 1.29 is 31.1 Å². The summed E-state index contributed by atoms with van der Waals surface area (Å²) in [6.07, 6.45) is -4.53. The van der Waals surface area contributed by atoms with Gasteiger partial charge in [-0.25, -0.2) is 9.37 Å². The molecule has 0 bridgehead atoms. The van der Waals surface area contributed by atoms with E-state index in [0.717, 1.165) is 19.2 Å². The molecular formula is C23H19ClF4N3O3S-. The Balaban J connectivity index is 1.95. The Morgan fingerprint density at radius 3 is 2.49 bits per heavy atom. The number of halogens is 5. The number of benzene rings is 2. The molecule has 1 aromatic heterocycles. The number of pyridine rings is 1. The number of aromatic nitrogens is 1. The predicted octanol–water partition coefficient (Wildman–Crippen LogP) is 4.99. The Bertz CT molecular complexity index is 1270. The molecule has 2 N–H and O–H groups in total.